The van der Waals surface area contributed by atoms with Crippen LogP contribution in [0.15, 0.2) is 30.3 Å². The van der Waals surface area contributed by atoms with Crippen LogP contribution < -0.4 is 0 Å². The predicted octanol–water partition coefficient (Wildman–Crippen LogP) is 4.72. The van der Waals surface area contributed by atoms with Gasteiger partial charge in [0.2, 0.25) is 0 Å². The van der Waals surface area contributed by atoms with Gasteiger partial charge in [0.1, 0.15) is 11.5 Å². The summed E-state index contributed by atoms with van der Waals surface area (Å²) in [4.78, 5) is 0. The van der Waals surface area contributed by atoms with E-state index in [0.717, 1.165) is 27.8 Å². The molecule has 0 amide bonds. The Morgan fingerprint density at radius 2 is 1.37 bits per heavy atom. The van der Waals surface area contributed by atoms with Gasteiger partial charge >= 0.3 is 0 Å². The van der Waals surface area contributed by atoms with Crippen LogP contribution in [0.3, 0.4) is 0 Å². The molecule has 2 aromatic rings. The molecule has 2 rings (SSSR count). The van der Waals surface area contributed by atoms with Crippen LogP contribution in [0.5, 0.6) is 11.5 Å². The molecule has 0 aromatic heterocycles. The predicted molar refractivity (Wildman–Crippen MR) is 80.8 cm³/mol. The molecule has 0 aliphatic carbocycles. The van der Waals surface area contributed by atoms with Crippen molar-refractivity contribution in [2.75, 3.05) is 0 Å². The van der Waals surface area contributed by atoms with Gasteiger partial charge < -0.3 is 10.2 Å². The van der Waals surface area contributed by atoms with E-state index in [9.17, 15) is 10.2 Å². The molecule has 0 unspecified atom stereocenters. The van der Waals surface area contributed by atoms with Gasteiger partial charge in [0.05, 0.1) is 0 Å². The Kier molecular flexibility index (Phi) is 4.99. The zero-order valence-electron chi connectivity index (χ0n) is 12.3. The third-order valence-electron chi connectivity index (χ3n) is 3.25. The Bertz CT molecular complexity index is 572. The molecule has 0 bridgehead atoms. The van der Waals surface area contributed by atoms with Crippen LogP contribution in [0.2, 0.25) is 0 Å². The number of benzene rings is 2. The Morgan fingerprint density at radius 1 is 0.789 bits per heavy atom. The summed E-state index contributed by atoms with van der Waals surface area (Å²) < 4.78 is 0. The summed E-state index contributed by atoms with van der Waals surface area (Å²) in [6, 6.07) is 9.16. The monoisotopic (exact) mass is 258 g/mol. The first-order chi connectivity index (χ1) is 9.02. The summed E-state index contributed by atoms with van der Waals surface area (Å²) in [6.45, 7) is 9.71. The summed E-state index contributed by atoms with van der Waals surface area (Å²) in [7, 11) is 0. The lowest BCUT2D eigenvalue weighted by atomic mass is 9.93. The molecule has 102 valence electrons. The summed E-state index contributed by atoms with van der Waals surface area (Å²) in [5, 5.41) is 19.7. The molecule has 0 spiro atoms. The lowest BCUT2D eigenvalue weighted by molar-refractivity contribution is 0.466. The minimum Gasteiger partial charge on any atom is -0.507 e. The van der Waals surface area contributed by atoms with E-state index in [2.05, 4.69) is 0 Å². The van der Waals surface area contributed by atoms with E-state index in [1.165, 1.54) is 0 Å². The Labute approximate surface area is 115 Å². The molecule has 19 heavy (non-hydrogen) atoms. The van der Waals surface area contributed by atoms with Crippen molar-refractivity contribution in [1.82, 2.24) is 0 Å². The second-order valence-corrected chi connectivity index (χ2v) is 4.36. The van der Waals surface area contributed by atoms with E-state index >= 15 is 0 Å². The molecule has 0 saturated carbocycles. The maximum absolute atomic E-state index is 9.88. The van der Waals surface area contributed by atoms with Gasteiger partial charge in [0, 0.05) is 5.56 Å². The molecule has 2 heteroatoms. The third kappa shape index (κ3) is 2.90. The number of aryl methyl sites for hydroxylation is 1. The molecule has 0 fully saturated rings. The highest BCUT2D eigenvalue weighted by atomic mass is 16.3. The minimum atomic E-state index is 0.264. The van der Waals surface area contributed by atoms with Gasteiger partial charge in [0.15, 0.2) is 0 Å². The van der Waals surface area contributed by atoms with Gasteiger partial charge in [-0.3, -0.25) is 0 Å². The molecule has 2 N–H and O–H groups in total. The Morgan fingerprint density at radius 3 is 1.95 bits per heavy atom. The second kappa shape index (κ2) is 6.28. The zero-order chi connectivity index (χ0) is 14.6. The van der Waals surface area contributed by atoms with Crippen molar-refractivity contribution in [2.24, 2.45) is 0 Å². The normalized spacial score (nSPS) is 9.74. The maximum Gasteiger partial charge on any atom is 0.123 e. The molecular formula is C17H22O2. The first-order valence-electron chi connectivity index (χ1n) is 6.60. The molecule has 0 aliphatic heterocycles. The fourth-order valence-electron chi connectivity index (χ4n) is 2.05. The highest BCUT2D eigenvalue weighted by Crippen LogP contribution is 2.36. The van der Waals surface area contributed by atoms with Gasteiger partial charge in [-0.15, -0.1) is 0 Å². The van der Waals surface area contributed by atoms with Crippen LogP contribution in [-0.4, -0.2) is 10.2 Å². The van der Waals surface area contributed by atoms with Gasteiger partial charge in [-0.05, 0) is 55.2 Å². The highest BCUT2D eigenvalue weighted by Gasteiger charge is 2.12. The van der Waals surface area contributed by atoms with Gasteiger partial charge in [-0.25, -0.2) is 0 Å². The first kappa shape index (κ1) is 15.1. The third-order valence-corrected chi connectivity index (χ3v) is 3.25. The van der Waals surface area contributed by atoms with Crippen molar-refractivity contribution in [3.8, 4) is 22.6 Å². The Hall–Kier alpha value is -1.96. The van der Waals surface area contributed by atoms with Crippen molar-refractivity contribution in [1.29, 1.82) is 0 Å². The maximum atomic E-state index is 9.88. The van der Waals surface area contributed by atoms with Gasteiger partial charge in [-0.2, -0.15) is 0 Å². The fourth-order valence-corrected chi connectivity index (χ4v) is 2.05. The lowest BCUT2D eigenvalue weighted by Crippen LogP contribution is -1.91. The Balaban J connectivity index is 0.000000861. The van der Waals surface area contributed by atoms with Crippen LogP contribution in [0.25, 0.3) is 11.1 Å². The van der Waals surface area contributed by atoms with Crippen molar-refractivity contribution < 1.29 is 10.2 Å². The number of phenols is 2. The quantitative estimate of drug-likeness (QED) is 0.777. The minimum absolute atomic E-state index is 0.264. The standard InChI is InChI=1S/C15H16O2.C2H6/c1-9-8-13(10(2)11(3)15(9)17)12-6-4-5-7-14(12)16;1-2/h4-8,16-17H,1-3H3;1-2H3. The van der Waals surface area contributed by atoms with Crippen LogP contribution in [0.4, 0.5) is 0 Å². The van der Waals surface area contributed by atoms with Crippen molar-refractivity contribution in [2.45, 2.75) is 34.6 Å². The molecule has 2 aromatic carbocycles. The molecule has 0 heterocycles. The lowest BCUT2D eigenvalue weighted by Gasteiger charge is -2.14. The van der Waals surface area contributed by atoms with Gasteiger partial charge in [0.25, 0.3) is 0 Å². The van der Waals surface area contributed by atoms with Crippen LogP contribution in [0, 0.1) is 20.8 Å². The number of aromatic hydroxyl groups is 2. The average molecular weight is 258 g/mol. The van der Waals surface area contributed by atoms with Crippen molar-refractivity contribution in [3.05, 3.63) is 47.0 Å². The second-order valence-electron chi connectivity index (χ2n) is 4.36. The van der Waals surface area contributed by atoms with Crippen LogP contribution in [0.1, 0.15) is 30.5 Å². The molecule has 2 nitrogen and oxygen atoms in total. The number of hydrogen-bond acceptors (Lipinski definition) is 2. The number of phenolic OH excluding ortho intramolecular Hbond substituents is 2. The largest absolute Gasteiger partial charge is 0.507 e. The van der Waals surface area contributed by atoms with E-state index < -0.39 is 0 Å². The van der Waals surface area contributed by atoms with E-state index in [0.29, 0.717) is 5.75 Å². The topological polar surface area (TPSA) is 40.5 Å². The SMILES string of the molecule is CC.Cc1cc(-c2ccccc2O)c(C)c(C)c1O. The van der Waals surface area contributed by atoms with E-state index in [1.807, 2.05) is 52.8 Å². The van der Waals surface area contributed by atoms with Crippen molar-refractivity contribution >= 4 is 0 Å². The van der Waals surface area contributed by atoms with Crippen LogP contribution >= 0.6 is 0 Å². The number of hydrogen-bond donors (Lipinski definition) is 2. The summed E-state index contributed by atoms with van der Waals surface area (Å²) in [5.41, 5.74) is 4.45. The summed E-state index contributed by atoms with van der Waals surface area (Å²) in [5.74, 6) is 0.599. The molecule has 0 radical (unpaired) electrons. The first-order valence-corrected chi connectivity index (χ1v) is 6.60. The fraction of sp³-hybridized carbons (Fsp3) is 0.294. The van der Waals surface area contributed by atoms with Crippen molar-refractivity contribution in [3.63, 3.8) is 0 Å². The van der Waals surface area contributed by atoms with E-state index in [-0.39, 0.29) is 5.75 Å². The van der Waals surface area contributed by atoms with Gasteiger partial charge in [-0.1, -0.05) is 32.0 Å². The number of rotatable bonds is 1. The molecular weight excluding hydrogens is 236 g/mol. The molecule has 0 atom stereocenters. The smallest absolute Gasteiger partial charge is 0.123 e. The highest BCUT2D eigenvalue weighted by molar-refractivity contribution is 5.75. The summed E-state index contributed by atoms with van der Waals surface area (Å²) >= 11 is 0. The van der Waals surface area contributed by atoms with E-state index in [4.69, 9.17) is 0 Å². The molecule has 0 saturated heterocycles. The molecule has 0 aliphatic rings. The zero-order valence-corrected chi connectivity index (χ0v) is 12.3. The average Bonchev–Trinajstić information content (AvgIpc) is 2.44. The van der Waals surface area contributed by atoms with Crippen LogP contribution in [-0.2, 0) is 0 Å². The summed E-state index contributed by atoms with van der Waals surface area (Å²) in [6.07, 6.45) is 0. The number of para-hydroxylation sites is 1. The van der Waals surface area contributed by atoms with E-state index in [1.54, 1.807) is 12.1 Å².